The fourth-order valence-corrected chi connectivity index (χ4v) is 4.14. The molecule has 1 aliphatic rings. The Morgan fingerprint density at radius 3 is 2.71 bits per heavy atom. The molecule has 0 spiro atoms. The molecule has 0 amide bonds. The first-order valence-corrected chi connectivity index (χ1v) is 6.71. The second-order valence-corrected chi connectivity index (χ2v) is 6.09. The first kappa shape index (κ1) is 11.9. The summed E-state index contributed by atoms with van der Waals surface area (Å²) in [4.78, 5) is 0. The zero-order valence-corrected chi connectivity index (χ0v) is 9.64. The van der Waals surface area contributed by atoms with Crippen molar-refractivity contribution < 1.29 is 13.2 Å². The van der Waals surface area contributed by atoms with E-state index >= 15 is 0 Å². The largest absolute Gasteiger partial charge is 0.383 e. The summed E-state index contributed by atoms with van der Waals surface area (Å²) in [7, 11) is 0.483. The van der Waals surface area contributed by atoms with Crippen molar-refractivity contribution >= 4 is 9.84 Å². The van der Waals surface area contributed by atoms with Gasteiger partial charge in [-0.1, -0.05) is 6.42 Å². The zero-order chi connectivity index (χ0) is 10.6. The van der Waals surface area contributed by atoms with Crippen molar-refractivity contribution in [2.75, 3.05) is 26.5 Å². The number of hydrogen-bond acceptors (Lipinski definition) is 4. The SMILES string of the molecule is CNC(COC)C1CCCCS1(=O)=O. The second-order valence-electron chi connectivity index (χ2n) is 3.75. The Hall–Kier alpha value is -0.130. The predicted octanol–water partition coefficient (Wildman–Crippen LogP) is 0.188. The predicted molar refractivity (Wildman–Crippen MR) is 56.1 cm³/mol. The van der Waals surface area contributed by atoms with Crippen LogP contribution >= 0.6 is 0 Å². The van der Waals surface area contributed by atoms with Gasteiger partial charge in [0.1, 0.15) is 0 Å². The Kier molecular flexibility index (Phi) is 4.34. The van der Waals surface area contributed by atoms with Crippen molar-refractivity contribution in [2.24, 2.45) is 0 Å². The zero-order valence-electron chi connectivity index (χ0n) is 8.82. The Labute approximate surface area is 85.9 Å². The molecule has 0 radical (unpaired) electrons. The molecule has 1 rings (SSSR count). The van der Waals surface area contributed by atoms with Crippen LogP contribution in [0.4, 0.5) is 0 Å². The normalized spacial score (nSPS) is 28.6. The first-order valence-electron chi connectivity index (χ1n) is 4.99. The maximum atomic E-state index is 11.8. The van der Waals surface area contributed by atoms with Crippen molar-refractivity contribution in [1.29, 1.82) is 0 Å². The van der Waals surface area contributed by atoms with Gasteiger partial charge in [-0.05, 0) is 19.9 Å². The lowest BCUT2D eigenvalue weighted by atomic mass is 10.1. The van der Waals surface area contributed by atoms with E-state index in [-0.39, 0.29) is 11.3 Å². The minimum atomic E-state index is -2.90. The van der Waals surface area contributed by atoms with Gasteiger partial charge in [-0.15, -0.1) is 0 Å². The smallest absolute Gasteiger partial charge is 0.154 e. The molecule has 84 valence electrons. The van der Waals surface area contributed by atoms with Crippen LogP contribution in [0.15, 0.2) is 0 Å². The van der Waals surface area contributed by atoms with Crippen molar-refractivity contribution in [3.63, 3.8) is 0 Å². The van der Waals surface area contributed by atoms with E-state index in [9.17, 15) is 8.42 Å². The van der Waals surface area contributed by atoms with Crippen molar-refractivity contribution in [3.8, 4) is 0 Å². The van der Waals surface area contributed by atoms with E-state index < -0.39 is 9.84 Å². The molecular weight excluding hydrogens is 202 g/mol. The summed E-state index contributed by atoms with van der Waals surface area (Å²) >= 11 is 0. The third-order valence-corrected chi connectivity index (χ3v) is 5.14. The van der Waals surface area contributed by atoms with Crippen LogP contribution in [0.25, 0.3) is 0 Å². The van der Waals surface area contributed by atoms with Crippen LogP contribution < -0.4 is 5.32 Å². The maximum Gasteiger partial charge on any atom is 0.154 e. The number of likely N-dealkylation sites (N-methyl/N-ethyl adjacent to an activating group) is 1. The first-order chi connectivity index (χ1) is 6.61. The van der Waals surface area contributed by atoms with E-state index in [0.29, 0.717) is 12.4 Å². The molecule has 0 aliphatic carbocycles. The molecule has 0 aromatic heterocycles. The van der Waals surface area contributed by atoms with Gasteiger partial charge >= 0.3 is 0 Å². The fourth-order valence-electron chi connectivity index (χ4n) is 1.99. The summed E-state index contributed by atoms with van der Waals surface area (Å²) < 4.78 is 28.5. The molecule has 4 nitrogen and oxygen atoms in total. The highest BCUT2D eigenvalue weighted by molar-refractivity contribution is 7.92. The Morgan fingerprint density at radius 1 is 1.50 bits per heavy atom. The molecule has 14 heavy (non-hydrogen) atoms. The van der Waals surface area contributed by atoms with Crippen molar-refractivity contribution in [3.05, 3.63) is 0 Å². The van der Waals surface area contributed by atoms with E-state index in [1.165, 1.54) is 0 Å². The molecule has 1 N–H and O–H groups in total. The highest BCUT2D eigenvalue weighted by atomic mass is 32.2. The number of ether oxygens (including phenoxy) is 1. The van der Waals surface area contributed by atoms with Crippen LogP contribution in [0.1, 0.15) is 19.3 Å². The number of methoxy groups -OCH3 is 1. The monoisotopic (exact) mass is 221 g/mol. The summed E-state index contributed by atoms with van der Waals surface area (Å²) in [6.07, 6.45) is 2.57. The van der Waals surface area contributed by atoms with Gasteiger partial charge in [0, 0.05) is 13.2 Å². The molecule has 0 aromatic carbocycles. The molecule has 1 saturated heterocycles. The van der Waals surface area contributed by atoms with E-state index in [0.717, 1.165) is 19.3 Å². The van der Waals surface area contributed by atoms with Gasteiger partial charge in [-0.2, -0.15) is 0 Å². The second kappa shape index (κ2) is 5.09. The lowest BCUT2D eigenvalue weighted by Crippen LogP contribution is -2.47. The van der Waals surface area contributed by atoms with Crippen molar-refractivity contribution in [1.82, 2.24) is 5.32 Å². The van der Waals surface area contributed by atoms with Gasteiger partial charge in [-0.3, -0.25) is 0 Å². The topological polar surface area (TPSA) is 55.4 Å². The van der Waals surface area contributed by atoms with Crippen LogP contribution in [0, 0.1) is 0 Å². The third kappa shape index (κ3) is 2.68. The van der Waals surface area contributed by atoms with Gasteiger partial charge in [0.2, 0.25) is 0 Å². The number of hydrogen-bond donors (Lipinski definition) is 1. The van der Waals surface area contributed by atoms with Crippen LogP contribution in [0.2, 0.25) is 0 Å². The quantitative estimate of drug-likeness (QED) is 0.736. The molecule has 5 heteroatoms. The molecule has 0 saturated carbocycles. The highest BCUT2D eigenvalue weighted by Crippen LogP contribution is 2.22. The molecule has 1 aliphatic heterocycles. The van der Waals surface area contributed by atoms with E-state index in [4.69, 9.17) is 4.74 Å². The van der Waals surface area contributed by atoms with E-state index in [1.54, 1.807) is 14.2 Å². The standard InChI is InChI=1S/C9H19NO3S/c1-10-8(7-13-2)9-5-3-4-6-14(9,11)12/h8-10H,3-7H2,1-2H3. The van der Waals surface area contributed by atoms with Crippen LogP contribution in [-0.2, 0) is 14.6 Å². The number of sulfone groups is 1. The summed E-state index contributed by atoms with van der Waals surface area (Å²) in [6, 6.07) is -0.0645. The lowest BCUT2D eigenvalue weighted by molar-refractivity contribution is 0.165. The minimum absolute atomic E-state index is 0.0645. The van der Waals surface area contributed by atoms with Gasteiger partial charge in [0.25, 0.3) is 0 Å². The van der Waals surface area contributed by atoms with Crippen molar-refractivity contribution in [2.45, 2.75) is 30.6 Å². The maximum absolute atomic E-state index is 11.8. The molecule has 1 heterocycles. The van der Waals surface area contributed by atoms with Gasteiger partial charge < -0.3 is 10.1 Å². The Balaban J connectivity index is 2.71. The van der Waals surface area contributed by atoms with Crippen LogP contribution in [-0.4, -0.2) is 46.2 Å². The molecule has 0 bridgehead atoms. The molecule has 0 aromatic rings. The fraction of sp³-hybridized carbons (Fsp3) is 1.00. The van der Waals surface area contributed by atoms with Gasteiger partial charge in [0.05, 0.1) is 17.6 Å². The summed E-state index contributed by atoms with van der Waals surface area (Å²) in [5.41, 5.74) is 0. The Bertz CT molecular complexity index is 263. The summed E-state index contributed by atoms with van der Waals surface area (Å²) in [5.74, 6) is 0.333. The lowest BCUT2D eigenvalue weighted by Gasteiger charge is -2.29. The van der Waals surface area contributed by atoms with Gasteiger partial charge in [-0.25, -0.2) is 8.42 Å². The average Bonchev–Trinajstić information content (AvgIpc) is 2.14. The third-order valence-electron chi connectivity index (χ3n) is 2.79. The van der Waals surface area contributed by atoms with Gasteiger partial charge in [0.15, 0.2) is 9.84 Å². The van der Waals surface area contributed by atoms with Crippen LogP contribution in [0.5, 0.6) is 0 Å². The highest BCUT2D eigenvalue weighted by Gasteiger charge is 2.34. The number of rotatable bonds is 4. The molecule has 1 fully saturated rings. The summed E-state index contributed by atoms with van der Waals surface area (Å²) in [5, 5.41) is 2.76. The van der Waals surface area contributed by atoms with E-state index in [1.807, 2.05) is 0 Å². The average molecular weight is 221 g/mol. The Morgan fingerprint density at radius 2 is 2.21 bits per heavy atom. The van der Waals surface area contributed by atoms with E-state index in [2.05, 4.69) is 5.32 Å². The summed E-state index contributed by atoms with van der Waals surface area (Å²) in [6.45, 7) is 0.459. The molecule has 2 unspecified atom stereocenters. The van der Waals surface area contributed by atoms with Crippen LogP contribution in [0.3, 0.4) is 0 Å². The molecule has 2 atom stereocenters. The minimum Gasteiger partial charge on any atom is -0.383 e. The molecular formula is C9H19NO3S. The number of nitrogens with one attached hydrogen (secondary N) is 1.